The minimum atomic E-state index is 0.0725. The van der Waals surface area contributed by atoms with Gasteiger partial charge in [0.2, 0.25) is 0 Å². The Morgan fingerprint density at radius 3 is 2.65 bits per heavy atom. The first-order valence-electron chi connectivity index (χ1n) is 9.05. The minimum absolute atomic E-state index is 0.0725. The fraction of sp³-hybridized carbons (Fsp3) is 0.350. The van der Waals surface area contributed by atoms with E-state index in [4.69, 9.17) is 0 Å². The molecule has 0 spiro atoms. The molecule has 3 heterocycles. The van der Waals surface area contributed by atoms with Crippen molar-refractivity contribution in [3.63, 3.8) is 0 Å². The van der Waals surface area contributed by atoms with E-state index in [1.165, 1.54) is 0 Å². The number of imidazole rings is 1. The average molecular weight is 349 g/mol. The summed E-state index contributed by atoms with van der Waals surface area (Å²) >= 11 is 0. The Bertz CT molecular complexity index is 861. The summed E-state index contributed by atoms with van der Waals surface area (Å²) in [6, 6.07) is 11.9. The van der Waals surface area contributed by atoms with Gasteiger partial charge < -0.3 is 9.47 Å². The van der Waals surface area contributed by atoms with Crippen LogP contribution in [0.15, 0.2) is 55.1 Å². The summed E-state index contributed by atoms with van der Waals surface area (Å²) in [6.45, 7) is 2.57. The third-order valence-electron chi connectivity index (χ3n) is 5.10. The number of hydrogen-bond acceptors (Lipinski definition) is 3. The lowest BCUT2D eigenvalue weighted by molar-refractivity contribution is 0.0672. The lowest BCUT2D eigenvalue weighted by atomic mass is 9.96. The van der Waals surface area contributed by atoms with Crippen LogP contribution in [-0.4, -0.2) is 43.2 Å². The first-order valence-corrected chi connectivity index (χ1v) is 9.05. The summed E-state index contributed by atoms with van der Waals surface area (Å²) in [5.74, 6) is 0.669. The fourth-order valence-electron chi connectivity index (χ4n) is 3.59. The molecule has 0 bridgehead atoms. The zero-order chi connectivity index (χ0) is 17.9. The van der Waals surface area contributed by atoms with E-state index in [0.29, 0.717) is 11.6 Å². The van der Waals surface area contributed by atoms with Crippen molar-refractivity contribution in [2.24, 2.45) is 13.0 Å². The van der Waals surface area contributed by atoms with Gasteiger partial charge in [-0.15, -0.1) is 0 Å². The molecule has 0 unspecified atom stereocenters. The largest absolute Gasteiger partial charge is 0.337 e. The molecule has 0 atom stereocenters. The van der Waals surface area contributed by atoms with Crippen molar-refractivity contribution in [2.45, 2.75) is 19.4 Å². The van der Waals surface area contributed by atoms with Gasteiger partial charge in [-0.3, -0.25) is 9.48 Å². The molecule has 0 N–H and O–H groups in total. The van der Waals surface area contributed by atoms with E-state index in [1.807, 2.05) is 67.1 Å². The highest BCUT2D eigenvalue weighted by atomic mass is 16.2. The van der Waals surface area contributed by atoms with E-state index < -0.39 is 0 Å². The molecule has 1 saturated heterocycles. The van der Waals surface area contributed by atoms with Crippen LogP contribution in [0.1, 0.15) is 23.3 Å². The molecule has 0 radical (unpaired) electrons. The average Bonchev–Trinajstić information content (AvgIpc) is 3.32. The molecule has 0 saturated carbocycles. The van der Waals surface area contributed by atoms with Gasteiger partial charge in [-0.25, -0.2) is 4.98 Å². The van der Waals surface area contributed by atoms with Crippen LogP contribution in [0.2, 0.25) is 0 Å². The van der Waals surface area contributed by atoms with E-state index >= 15 is 0 Å². The van der Waals surface area contributed by atoms with Gasteiger partial charge in [0.25, 0.3) is 5.91 Å². The minimum Gasteiger partial charge on any atom is -0.337 e. The number of aryl methyl sites for hydroxylation is 1. The van der Waals surface area contributed by atoms with Crippen LogP contribution in [0, 0.1) is 5.92 Å². The Morgan fingerprint density at radius 1 is 1.19 bits per heavy atom. The number of aromatic nitrogens is 4. The molecule has 1 fully saturated rings. The molecule has 1 amide bonds. The Hall–Kier alpha value is -2.89. The lowest BCUT2D eigenvalue weighted by Gasteiger charge is -2.32. The van der Waals surface area contributed by atoms with Crippen LogP contribution in [0.4, 0.5) is 0 Å². The second-order valence-corrected chi connectivity index (χ2v) is 6.90. The standard InChI is InChI=1S/C20H23N5O/c1-23-19(13-18(22-23)17-5-3-2-4-6-17)20(26)25-10-7-16(8-11-25)14-24-12-9-21-15-24/h2-6,9,12-13,15-16H,7-8,10-11,14H2,1H3. The second kappa shape index (κ2) is 7.15. The maximum Gasteiger partial charge on any atom is 0.272 e. The van der Waals surface area contributed by atoms with E-state index in [9.17, 15) is 4.79 Å². The van der Waals surface area contributed by atoms with Crippen LogP contribution in [0.25, 0.3) is 11.3 Å². The Morgan fingerprint density at radius 2 is 1.96 bits per heavy atom. The van der Waals surface area contributed by atoms with Gasteiger partial charge in [0.05, 0.1) is 12.0 Å². The van der Waals surface area contributed by atoms with E-state index in [1.54, 1.807) is 4.68 Å². The third-order valence-corrected chi connectivity index (χ3v) is 5.10. The highest BCUT2D eigenvalue weighted by Gasteiger charge is 2.26. The summed E-state index contributed by atoms with van der Waals surface area (Å²) in [5.41, 5.74) is 2.52. The van der Waals surface area contributed by atoms with Crippen molar-refractivity contribution in [1.82, 2.24) is 24.2 Å². The van der Waals surface area contributed by atoms with Gasteiger partial charge in [-0.1, -0.05) is 30.3 Å². The van der Waals surface area contributed by atoms with Crippen molar-refractivity contribution >= 4 is 5.91 Å². The summed E-state index contributed by atoms with van der Waals surface area (Å²) in [7, 11) is 1.84. The first-order chi connectivity index (χ1) is 12.7. The molecule has 1 aromatic carbocycles. The van der Waals surface area contributed by atoms with Crippen molar-refractivity contribution in [1.29, 1.82) is 0 Å². The van der Waals surface area contributed by atoms with Crippen molar-refractivity contribution in [2.75, 3.05) is 13.1 Å². The van der Waals surface area contributed by atoms with Crippen LogP contribution >= 0.6 is 0 Å². The molecule has 6 heteroatoms. The Kier molecular flexibility index (Phi) is 4.56. The maximum absolute atomic E-state index is 12.9. The van der Waals surface area contributed by atoms with Crippen molar-refractivity contribution in [3.05, 3.63) is 60.8 Å². The number of amides is 1. The monoisotopic (exact) mass is 349 g/mol. The molecule has 3 aromatic rings. The number of nitrogens with zero attached hydrogens (tertiary/aromatic N) is 5. The zero-order valence-corrected chi connectivity index (χ0v) is 15.0. The maximum atomic E-state index is 12.9. The summed E-state index contributed by atoms with van der Waals surface area (Å²) in [6.07, 6.45) is 7.71. The number of carbonyl (C=O) groups is 1. The molecule has 26 heavy (non-hydrogen) atoms. The SMILES string of the molecule is Cn1nc(-c2ccccc2)cc1C(=O)N1CCC(Cn2ccnc2)CC1. The molecule has 4 rings (SSSR count). The van der Waals surface area contributed by atoms with Gasteiger partial charge in [-0.05, 0) is 24.8 Å². The molecular formula is C20H23N5O. The van der Waals surface area contributed by atoms with Crippen LogP contribution < -0.4 is 0 Å². The highest BCUT2D eigenvalue weighted by Crippen LogP contribution is 2.23. The predicted octanol–water partition coefficient (Wildman–Crippen LogP) is 2.84. The van der Waals surface area contributed by atoms with Crippen molar-refractivity contribution < 1.29 is 4.79 Å². The highest BCUT2D eigenvalue weighted by molar-refractivity contribution is 5.93. The zero-order valence-electron chi connectivity index (χ0n) is 15.0. The summed E-state index contributed by atoms with van der Waals surface area (Å²) in [5, 5.41) is 4.52. The smallest absolute Gasteiger partial charge is 0.272 e. The Labute approximate surface area is 153 Å². The number of rotatable bonds is 4. The number of piperidine rings is 1. The Balaban J connectivity index is 1.41. The third kappa shape index (κ3) is 3.40. The summed E-state index contributed by atoms with van der Waals surface area (Å²) in [4.78, 5) is 19.0. The predicted molar refractivity (Wildman–Crippen MR) is 99.5 cm³/mol. The van der Waals surface area contributed by atoms with Crippen molar-refractivity contribution in [3.8, 4) is 11.3 Å². The van der Waals surface area contributed by atoms with Gasteiger partial charge in [0, 0.05) is 44.6 Å². The molecule has 6 nitrogen and oxygen atoms in total. The summed E-state index contributed by atoms with van der Waals surface area (Å²) < 4.78 is 3.82. The van der Waals surface area contributed by atoms with Crippen LogP contribution in [0.5, 0.6) is 0 Å². The van der Waals surface area contributed by atoms with E-state index in [0.717, 1.165) is 43.7 Å². The van der Waals surface area contributed by atoms with Gasteiger partial charge in [0.1, 0.15) is 5.69 Å². The number of benzene rings is 1. The number of hydrogen-bond donors (Lipinski definition) is 0. The van der Waals surface area contributed by atoms with E-state index in [2.05, 4.69) is 14.6 Å². The second-order valence-electron chi connectivity index (χ2n) is 6.90. The van der Waals surface area contributed by atoms with Crippen LogP contribution in [0.3, 0.4) is 0 Å². The molecule has 0 aliphatic carbocycles. The van der Waals surface area contributed by atoms with Gasteiger partial charge in [0.15, 0.2) is 0 Å². The molecular weight excluding hydrogens is 326 g/mol. The topological polar surface area (TPSA) is 56.0 Å². The number of carbonyl (C=O) groups excluding carboxylic acids is 1. The molecule has 1 aliphatic heterocycles. The number of likely N-dealkylation sites (tertiary alicyclic amines) is 1. The van der Waals surface area contributed by atoms with E-state index in [-0.39, 0.29) is 5.91 Å². The van der Waals surface area contributed by atoms with Crippen LogP contribution in [-0.2, 0) is 13.6 Å². The molecule has 134 valence electrons. The molecule has 1 aliphatic rings. The first kappa shape index (κ1) is 16.6. The fourth-order valence-corrected chi connectivity index (χ4v) is 3.59. The normalized spacial score (nSPS) is 15.3. The van der Waals surface area contributed by atoms with Gasteiger partial charge >= 0.3 is 0 Å². The lowest BCUT2D eigenvalue weighted by Crippen LogP contribution is -2.40. The van der Waals surface area contributed by atoms with Gasteiger partial charge in [-0.2, -0.15) is 5.10 Å². The molecule has 2 aromatic heterocycles. The quantitative estimate of drug-likeness (QED) is 0.728.